The molecule has 1 heterocycles. The first-order chi connectivity index (χ1) is 8.19. The van der Waals surface area contributed by atoms with Crippen LogP contribution in [0.5, 0.6) is 0 Å². The van der Waals surface area contributed by atoms with Gasteiger partial charge in [0.05, 0.1) is 12.8 Å². The van der Waals surface area contributed by atoms with E-state index in [4.69, 9.17) is 4.42 Å². The number of furan rings is 1. The molecule has 1 aromatic rings. The van der Waals surface area contributed by atoms with Crippen molar-refractivity contribution in [3.63, 3.8) is 0 Å². The molecule has 1 aromatic heterocycles. The molecule has 0 saturated heterocycles. The summed E-state index contributed by atoms with van der Waals surface area (Å²) in [6.07, 6.45) is 4.68. The van der Waals surface area contributed by atoms with Crippen molar-refractivity contribution in [3.05, 3.63) is 23.7 Å². The van der Waals surface area contributed by atoms with E-state index in [0.29, 0.717) is 6.04 Å². The molecule has 1 aliphatic rings. The van der Waals surface area contributed by atoms with Crippen molar-refractivity contribution in [1.29, 1.82) is 0 Å². The summed E-state index contributed by atoms with van der Waals surface area (Å²) in [5, 5.41) is 3.14. The molecule has 1 N–H and O–H groups in total. The van der Waals surface area contributed by atoms with Gasteiger partial charge in [-0.3, -0.25) is 4.90 Å². The molecule has 2 rings (SSSR count). The minimum Gasteiger partial charge on any atom is -0.468 e. The minimum absolute atomic E-state index is 0.591. The Bertz CT molecular complexity index is 342. The molecular weight excluding hydrogens is 212 g/mol. The van der Waals surface area contributed by atoms with Gasteiger partial charge in [-0.05, 0) is 45.7 Å². The highest BCUT2D eigenvalue weighted by molar-refractivity contribution is 5.12. The molecule has 0 aliphatic heterocycles. The van der Waals surface area contributed by atoms with Gasteiger partial charge in [0.25, 0.3) is 0 Å². The summed E-state index contributed by atoms with van der Waals surface area (Å²) in [5.74, 6) is 2.02. The van der Waals surface area contributed by atoms with Gasteiger partial charge in [-0.2, -0.15) is 0 Å². The third-order valence-electron chi connectivity index (χ3n) is 3.37. The molecule has 3 heteroatoms. The molecule has 1 saturated carbocycles. The second-order valence-corrected chi connectivity index (χ2v) is 5.42. The van der Waals surface area contributed by atoms with E-state index in [2.05, 4.69) is 30.1 Å². The van der Waals surface area contributed by atoms with E-state index in [1.165, 1.54) is 24.9 Å². The lowest BCUT2D eigenvalue weighted by molar-refractivity contribution is 0.188. The monoisotopic (exact) mass is 236 g/mol. The van der Waals surface area contributed by atoms with E-state index in [1.54, 1.807) is 0 Å². The fourth-order valence-electron chi connectivity index (χ4n) is 2.10. The first kappa shape index (κ1) is 12.7. The third kappa shape index (κ3) is 3.86. The van der Waals surface area contributed by atoms with Crippen LogP contribution in [-0.4, -0.2) is 24.5 Å². The number of nitrogens with zero attached hydrogens (tertiary/aromatic N) is 1. The molecule has 0 radical (unpaired) electrons. The van der Waals surface area contributed by atoms with Gasteiger partial charge in [0.1, 0.15) is 5.76 Å². The average Bonchev–Trinajstić information content (AvgIpc) is 2.99. The summed E-state index contributed by atoms with van der Waals surface area (Å²) in [5.41, 5.74) is 1.23. The lowest BCUT2D eigenvalue weighted by atomic mass is 10.2. The zero-order chi connectivity index (χ0) is 12.3. The summed E-state index contributed by atoms with van der Waals surface area (Å²) < 4.78 is 5.62. The van der Waals surface area contributed by atoms with Crippen molar-refractivity contribution < 1.29 is 4.42 Å². The first-order valence-corrected chi connectivity index (χ1v) is 6.64. The highest BCUT2D eigenvalue weighted by Gasteiger charge is 2.25. The van der Waals surface area contributed by atoms with Gasteiger partial charge in [0.15, 0.2) is 0 Å². The zero-order valence-corrected chi connectivity index (χ0v) is 11.2. The van der Waals surface area contributed by atoms with Crippen LogP contribution in [0.3, 0.4) is 0 Å². The zero-order valence-electron chi connectivity index (χ0n) is 11.2. The molecule has 0 aromatic carbocycles. The SMILES string of the molecule is CNCc1coc(CN(CC2CC2)C(C)C)c1. The minimum atomic E-state index is 0.591. The summed E-state index contributed by atoms with van der Waals surface area (Å²) >= 11 is 0. The van der Waals surface area contributed by atoms with Crippen molar-refractivity contribution in [1.82, 2.24) is 10.2 Å². The Kier molecular flexibility index (Phi) is 4.24. The van der Waals surface area contributed by atoms with Crippen LogP contribution in [0.2, 0.25) is 0 Å². The average molecular weight is 236 g/mol. The van der Waals surface area contributed by atoms with E-state index >= 15 is 0 Å². The van der Waals surface area contributed by atoms with E-state index in [-0.39, 0.29) is 0 Å². The third-order valence-corrected chi connectivity index (χ3v) is 3.37. The van der Waals surface area contributed by atoms with Gasteiger partial charge in [-0.1, -0.05) is 0 Å². The van der Waals surface area contributed by atoms with Crippen LogP contribution in [0, 0.1) is 5.92 Å². The smallest absolute Gasteiger partial charge is 0.118 e. The van der Waals surface area contributed by atoms with E-state index in [9.17, 15) is 0 Å². The molecule has 1 aliphatic carbocycles. The number of nitrogens with one attached hydrogen (secondary N) is 1. The van der Waals surface area contributed by atoms with Gasteiger partial charge in [0.2, 0.25) is 0 Å². The molecule has 0 unspecified atom stereocenters. The summed E-state index contributed by atoms with van der Waals surface area (Å²) in [4.78, 5) is 2.51. The standard InChI is InChI=1S/C14H24N2O/c1-11(2)16(8-12-4-5-12)9-14-6-13(7-15-3)10-17-14/h6,10-12,15H,4-5,7-9H2,1-3H3. The maximum atomic E-state index is 5.62. The molecule has 0 atom stereocenters. The highest BCUT2D eigenvalue weighted by atomic mass is 16.3. The summed E-state index contributed by atoms with van der Waals surface area (Å²) in [6, 6.07) is 2.76. The van der Waals surface area contributed by atoms with Crippen LogP contribution in [0.1, 0.15) is 38.0 Å². The van der Waals surface area contributed by atoms with Crippen molar-refractivity contribution in [2.45, 2.75) is 45.8 Å². The maximum Gasteiger partial charge on any atom is 0.118 e. The molecule has 1 fully saturated rings. The van der Waals surface area contributed by atoms with Crippen LogP contribution in [-0.2, 0) is 13.1 Å². The van der Waals surface area contributed by atoms with Crippen molar-refractivity contribution in [2.75, 3.05) is 13.6 Å². The molecule has 96 valence electrons. The molecule has 0 bridgehead atoms. The Balaban J connectivity index is 1.90. The van der Waals surface area contributed by atoms with Gasteiger partial charge in [-0.15, -0.1) is 0 Å². The second kappa shape index (κ2) is 5.69. The number of hydrogen-bond acceptors (Lipinski definition) is 3. The highest BCUT2D eigenvalue weighted by Crippen LogP contribution is 2.30. The molecule has 0 spiro atoms. The van der Waals surface area contributed by atoms with E-state index in [0.717, 1.165) is 24.8 Å². The molecule has 0 amide bonds. The first-order valence-electron chi connectivity index (χ1n) is 6.64. The molecule has 17 heavy (non-hydrogen) atoms. The van der Waals surface area contributed by atoms with Crippen molar-refractivity contribution >= 4 is 0 Å². The van der Waals surface area contributed by atoms with Crippen LogP contribution in [0.4, 0.5) is 0 Å². The van der Waals surface area contributed by atoms with Gasteiger partial charge >= 0.3 is 0 Å². The Morgan fingerprint density at radius 3 is 2.82 bits per heavy atom. The Labute approximate surface area is 104 Å². The largest absolute Gasteiger partial charge is 0.468 e. The van der Waals surface area contributed by atoms with Crippen LogP contribution in [0.15, 0.2) is 16.7 Å². The maximum absolute atomic E-state index is 5.62. The van der Waals surface area contributed by atoms with Crippen LogP contribution in [0.25, 0.3) is 0 Å². The summed E-state index contributed by atoms with van der Waals surface area (Å²) in [6.45, 7) is 7.57. The van der Waals surface area contributed by atoms with Crippen LogP contribution < -0.4 is 5.32 Å². The van der Waals surface area contributed by atoms with Gasteiger partial charge in [0, 0.05) is 24.7 Å². The normalized spacial score (nSPS) is 16.1. The Morgan fingerprint density at radius 2 is 2.24 bits per heavy atom. The Morgan fingerprint density at radius 1 is 1.47 bits per heavy atom. The lowest BCUT2D eigenvalue weighted by Gasteiger charge is -2.25. The van der Waals surface area contributed by atoms with Crippen LogP contribution >= 0.6 is 0 Å². The number of hydrogen-bond donors (Lipinski definition) is 1. The van der Waals surface area contributed by atoms with E-state index < -0.39 is 0 Å². The van der Waals surface area contributed by atoms with Crippen molar-refractivity contribution in [2.24, 2.45) is 5.92 Å². The van der Waals surface area contributed by atoms with Gasteiger partial charge in [-0.25, -0.2) is 0 Å². The van der Waals surface area contributed by atoms with Gasteiger partial charge < -0.3 is 9.73 Å². The van der Waals surface area contributed by atoms with Crippen molar-refractivity contribution in [3.8, 4) is 0 Å². The molecular formula is C14H24N2O. The Hall–Kier alpha value is -0.800. The topological polar surface area (TPSA) is 28.4 Å². The predicted octanol–water partition coefficient (Wildman–Crippen LogP) is 2.62. The quantitative estimate of drug-likeness (QED) is 0.789. The second-order valence-electron chi connectivity index (χ2n) is 5.42. The fraction of sp³-hybridized carbons (Fsp3) is 0.714. The summed E-state index contributed by atoms with van der Waals surface area (Å²) in [7, 11) is 1.96. The number of rotatable bonds is 7. The fourth-order valence-corrected chi connectivity index (χ4v) is 2.10. The van der Waals surface area contributed by atoms with E-state index in [1.807, 2.05) is 13.3 Å². The predicted molar refractivity (Wildman–Crippen MR) is 69.7 cm³/mol. The lowest BCUT2D eigenvalue weighted by Crippen LogP contribution is -2.32. The molecule has 3 nitrogen and oxygen atoms in total.